The zero-order chi connectivity index (χ0) is 26.9. The molecule has 1 fully saturated rings. The van der Waals surface area contributed by atoms with Crippen LogP contribution in [0.1, 0.15) is 36.2 Å². The third kappa shape index (κ3) is 6.84. The maximum Gasteiger partial charge on any atom is 0.254 e. The molecule has 204 valence electrons. The molecule has 1 saturated heterocycles. The summed E-state index contributed by atoms with van der Waals surface area (Å²) in [6.45, 7) is 7.95. The molecule has 7 heteroatoms. The van der Waals surface area contributed by atoms with Gasteiger partial charge in [-0.2, -0.15) is 0 Å². The summed E-state index contributed by atoms with van der Waals surface area (Å²) in [6.07, 6.45) is 0.781. The minimum atomic E-state index is -0.0240. The fourth-order valence-corrected chi connectivity index (χ4v) is 4.96. The number of hydrogen-bond donors (Lipinski definition) is 1. The molecule has 1 heterocycles. The van der Waals surface area contributed by atoms with Crippen LogP contribution in [0.4, 0.5) is 0 Å². The molecule has 1 N–H and O–H groups in total. The molecule has 1 amide bonds. The lowest BCUT2D eigenvalue weighted by molar-refractivity contribution is 0.0134. The van der Waals surface area contributed by atoms with Gasteiger partial charge in [0, 0.05) is 57.3 Å². The molecule has 0 bridgehead atoms. The predicted molar refractivity (Wildman–Crippen MR) is 150 cm³/mol. The van der Waals surface area contributed by atoms with Crippen LogP contribution < -0.4 is 14.8 Å². The van der Waals surface area contributed by atoms with Crippen molar-refractivity contribution in [2.75, 3.05) is 47.1 Å². The Bertz CT molecular complexity index is 1190. The van der Waals surface area contributed by atoms with Gasteiger partial charge in [0.1, 0.15) is 0 Å². The zero-order valence-corrected chi connectivity index (χ0v) is 22.9. The minimum Gasteiger partial charge on any atom is -0.493 e. The van der Waals surface area contributed by atoms with Gasteiger partial charge in [-0.3, -0.25) is 4.79 Å². The van der Waals surface area contributed by atoms with Crippen molar-refractivity contribution in [3.63, 3.8) is 0 Å². The molecule has 7 nitrogen and oxygen atoms in total. The van der Waals surface area contributed by atoms with E-state index in [0.29, 0.717) is 43.4 Å². The molecule has 0 spiro atoms. The number of ether oxygens (including phenoxy) is 4. The van der Waals surface area contributed by atoms with E-state index in [1.165, 1.54) is 16.3 Å². The van der Waals surface area contributed by atoms with Gasteiger partial charge in [0.2, 0.25) is 0 Å². The standard InChI is InChI=1S/C31H40N2O5/c1-22(2)33(31(34)24-13-14-28(36-4)29(17-24)37-16-8-15-35-3)20-26-18-32-19-30(26)38-21-25-11-7-10-23-9-5-6-12-27(23)25/h5-7,9-14,17,22,26,30,32H,8,15-16,18-21H2,1-4H3/t26-,30-/m0/s1. The first kappa shape index (κ1) is 27.9. The van der Waals surface area contributed by atoms with Crippen molar-refractivity contribution in [3.05, 3.63) is 71.8 Å². The molecule has 0 radical (unpaired) electrons. The molecule has 3 aromatic rings. The van der Waals surface area contributed by atoms with Crippen LogP contribution in [0.15, 0.2) is 60.7 Å². The van der Waals surface area contributed by atoms with Gasteiger partial charge >= 0.3 is 0 Å². The molecule has 2 atom stereocenters. The van der Waals surface area contributed by atoms with E-state index in [1.807, 2.05) is 4.90 Å². The summed E-state index contributed by atoms with van der Waals surface area (Å²) in [4.78, 5) is 15.6. The number of amides is 1. The Hall–Kier alpha value is -3.13. The Morgan fingerprint density at radius 3 is 2.61 bits per heavy atom. The van der Waals surface area contributed by atoms with Crippen LogP contribution in [0.5, 0.6) is 11.5 Å². The van der Waals surface area contributed by atoms with Crippen LogP contribution in [-0.4, -0.2) is 70.0 Å². The number of nitrogens with zero attached hydrogens (tertiary/aromatic N) is 1. The first-order chi connectivity index (χ1) is 18.5. The van der Waals surface area contributed by atoms with E-state index in [9.17, 15) is 4.79 Å². The molecule has 3 aromatic carbocycles. The lowest BCUT2D eigenvalue weighted by atomic mass is 10.0. The van der Waals surface area contributed by atoms with Gasteiger partial charge in [-0.15, -0.1) is 0 Å². The lowest BCUT2D eigenvalue weighted by Crippen LogP contribution is -2.43. The molecule has 1 aliphatic heterocycles. The van der Waals surface area contributed by atoms with Crippen molar-refractivity contribution in [2.24, 2.45) is 5.92 Å². The summed E-state index contributed by atoms with van der Waals surface area (Å²) in [5, 5.41) is 5.90. The van der Waals surface area contributed by atoms with Gasteiger partial charge in [-0.1, -0.05) is 42.5 Å². The molecular weight excluding hydrogens is 480 g/mol. The summed E-state index contributed by atoms with van der Waals surface area (Å²) in [5.41, 5.74) is 1.77. The normalized spacial score (nSPS) is 17.2. The van der Waals surface area contributed by atoms with Crippen molar-refractivity contribution < 1.29 is 23.7 Å². The van der Waals surface area contributed by atoms with E-state index in [0.717, 1.165) is 19.5 Å². The quantitative estimate of drug-likeness (QED) is 0.323. The highest BCUT2D eigenvalue weighted by Gasteiger charge is 2.32. The maximum atomic E-state index is 13.7. The van der Waals surface area contributed by atoms with E-state index in [4.69, 9.17) is 18.9 Å². The Morgan fingerprint density at radius 2 is 1.82 bits per heavy atom. The molecule has 0 unspecified atom stereocenters. The maximum absolute atomic E-state index is 13.7. The van der Waals surface area contributed by atoms with E-state index >= 15 is 0 Å². The minimum absolute atomic E-state index is 0.0240. The summed E-state index contributed by atoms with van der Waals surface area (Å²) in [6, 6.07) is 20.1. The van der Waals surface area contributed by atoms with E-state index < -0.39 is 0 Å². The van der Waals surface area contributed by atoms with Crippen molar-refractivity contribution >= 4 is 16.7 Å². The highest BCUT2D eigenvalue weighted by Crippen LogP contribution is 2.30. The largest absolute Gasteiger partial charge is 0.493 e. The lowest BCUT2D eigenvalue weighted by Gasteiger charge is -2.31. The van der Waals surface area contributed by atoms with Gasteiger partial charge in [-0.05, 0) is 48.4 Å². The number of carbonyl (C=O) groups excluding carboxylic acids is 1. The van der Waals surface area contributed by atoms with Crippen LogP contribution in [0.2, 0.25) is 0 Å². The van der Waals surface area contributed by atoms with Gasteiger partial charge in [0.05, 0.1) is 26.4 Å². The average Bonchev–Trinajstić information content (AvgIpc) is 3.39. The van der Waals surface area contributed by atoms with Gasteiger partial charge in [0.25, 0.3) is 5.91 Å². The fraction of sp³-hybridized carbons (Fsp3) is 0.452. The average molecular weight is 521 g/mol. The number of methoxy groups -OCH3 is 2. The number of carbonyl (C=O) groups is 1. The summed E-state index contributed by atoms with van der Waals surface area (Å²) < 4.78 is 22.9. The summed E-state index contributed by atoms with van der Waals surface area (Å²) in [5.74, 6) is 1.34. The van der Waals surface area contributed by atoms with E-state index in [2.05, 4.69) is 61.6 Å². The van der Waals surface area contributed by atoms with Crippen LogP contribution in [0.25, 0.3) is 10.8 Å². The van der Waals surface area contributed by atoms with Gasteiger partial charge in [0.15, 0.2) is 11.5 Å². The predicted octanol–water partition coefficient (Wildman–Crippen LogP) is 4.92. The molecular formula is C31H40N2O5. The molecule has 4 rings (SSSR count). The number of benzene rings is 3. The first-order valence-corrected chi connectivity index (χ1v) is 13.4. The molecule has 38 heavy (non-hydrogen) atoms. The first-order valence-electron chi connectivity index (χ1n) is 13.4. The monoisotopic (exact) mass is 520 g/mol. The number of hydrogen-bond acceptors (Lipinski definition) is 6. The SMILES string of the molecule is COCCCOc1cc(C(=O)N(C[C@@H]2CNC[C@@H]2OCc2cccc3ccccc23)C(C)C)ccc1OC. The van der Waals surface area contributed by atoms with Crippen molar-refractivity contribution in [1.82, 2.24) is 10.2 Å². The van der Waals surface area contributed by atoms with E-state index in [1.54, 1.807) is 32.4 Å². The molecule has 0 aromatic heterocycles. The Labute approximate surface area is 226 Å². The Kier molecular flexibility index (Phi) is 9.98. The van der Waals surface area contributed by atoms with E-state index in [-0.39, 0.29) is 24.0 Å². The molecule has 0 aliphatic carbocycles. The van der Waals surface area contributed by atoms with Gasteiger partial charge in [-0.25, -0.2) is 0 Å². The van der Waals surface area contributed by atoms with Crippen molar-refractivity contribution in [1.29, 1.82) is 0 Å². The third-order valence-corrected chi connectivity index (χ3v) is 7.09. The molecule has 0 saturated carbocycles. The Balaban J connectivity index is 1.43. The summed E-state index contributed by atoms with van der Waals surface area (Å²) >= 11 is 0. The topological polar surface area (TPSA) is 69.3 Å². The van der Waals surface area contributed by atoms with Crippen molar-refractivity contribution in [2.45, 2.75) is 39.0 Å². The molecule has 1 aliphatic rings. The summed E-state index contributed by atoms with van der Waals surface area (Å²) in [7, 11) is 3.27. The van der Waals surface area contributed by atoms with Crippen molar-refractivity contribution in [3.8, 4) is 11.5 Å². The third-order valence-electron chi connectivity index (χ3n) is 7.09. The highest BCUT2D eigenvalue weighted by atomic mass is 16.5. The second kappa shape index (κ2) is 13.6. The second-order valence-corrected chi connectivity index (χ2v) is 10.0. The zero-order valence-electron chi connectivity index (χ0n) is 22.9. The number of nitrogens with one attached hydrogen (secondary N) is 1. The number of fused-ring (bicyclic) bond motifs is 1. The second-order valence-electron chi connectivity index (χ2n) is 10.0. The van der Waals surface area contributed by atoms with Crippen LogP contribution in [0, 0.1) is 5.92 Å². The van der Waals surface area contributed by atoms with Crippen LogP contribution >= 0.6 is 0 Å². The van der Waals surface area contributed by atoms with Gasteiger partial charge < -0.3 is 29.2 Å². The highest BCUT2D eigenvalue weighted by molar-refractivity contribution is 5.95. The number of rotatable bonds is 13. The smallest absolute Gasteiger partial charge is 0.254 e. The van der Waals surface area contributed by atoms with Crippen LogP contribution in [0.3, 0.4) is 0 Å². The fourth-order valence-electron chi connectivity index (χ4n) is 4.96. The Morgan fingerprint density at radius 1 is 1.00 bits per heavy atom. The van der Waals surface area contributed by atoms with Crippen LogP contribution in [-0.2, 0) is 16.1 Å².